The summed E-state index contributed by atoms with van der Waals surface area (Å²) in [6, 6.07) is 0.526. The van der Waals surface area contributed by atoms with E-state index in [0.29, 0.717) is 23.8 Å². The molecule has 3 heteroatoms. The summed E-state index contributed by atoms with van der Waals surface area (Å²) in [7, 11) is 0. The Hall–Kier alpha value is -0.570. The van der Waals surface area contributed by atoms with Crippen LogP contribution in [-0.4, -0.2) is 35.1 Å². The van der Waals surface area contributed by atoms with Gasteiger partial charge in [-0.1, -0.05) is 19.3 Å². The Labute approximate surface area is 90.5 Å². The molecule has 84 valence electrons. The van der Waals surface area contributed by atoms with Gasteiger partial charge >= 0.3 is 0 Å². The lowest BCUT2D eigenvalue weighted by atomic mass is 9.94. The first-order chi connectivity index (χ1) is 7.33. The van der Waals surface area contributed by atoms with Crippen LogP contribution >= 0.6 is 0 Å². The van der Waals surface area contributed by atoms with Crippen molar-refractivity contribution in [2.45, 2.75) is 38.1 Å². The van der Waals surface area contributed by atoms with Gasteiger partial charge in [0, 0.05) is 25.1 Å². The molecule has 1 amide bonds. The first kappa shape index (κ1) is 9.64. The summed E-state index contributed by atoms with van der Waals surface area (Å²) < 4.78 is 0. The van der Waals surface area contributed by atoms with Gasteiger partial charge in [0.1, 0.15) is 0 Å². The number of hydrogen-bond donors (Lipinski definition) is 1. The number of aliphatic hydroxyl groups is 1. The predicted molar refractivity (Wildman–Crippen MR) is 56.1 cm³/mol. The van der Waals surface area contributed by atoms with Crippen molar-refractivity contribution >= 4 is 5.91 Å². The zero-order valence-corrected chi connectivity index (χ0v) is 9.06. The number of carbonyl (C=O) groups is 1. The summed E-state index contributed by atoms with van der Waals surface area (Å²) in [6.45, 7) is 1.14. The summed E-state index contributed by atoms with van der Waals surface area (Å²) >= 11 is 0. The van der Waals surface area contributed by atoms with Crippen LogP contribution in [0.3, 0.4) is 0 Å². The lowest BCUT2D eigenvalue weighted by Gasteiger charge is -2.32. The maximum atomic E-state index is 12.0. The van der Waals surface area contributed by atoms with Crippen LogP contribution in [0.1, 0.15) is 32.1 Å². The molecule has 0 aromatic heterocycles. The molecule has 0 aromatic rings. The van der Waals surface area contributed by atoms with Crippen molar-refractivity contribution in [2.24, 2.45) is 17.8 Å². The fourth-order valence-electron chi connectivity index (χ4n) is 3.54. The first-order valence-corrected chi connectivity index (χ1v) is 6.24. The molecule has 3 atom stereocenters. The zero-order valence-electron chi connectivity index (χ0n) is 9.06. The molecule has 2 aliphatic carbocycles. The van der Waals surface area contributed by atoms with Crippen LogP contribution in [0, 0.1) is 17.8 Å². The summed E-state index contributed by atoms with van der Waals surface area (Å²) in [6.07, 6.45) is 6.31. The molecular formula is C12H19NO2. The fraction of sp³-hybridized carbons (Fsp3) is 0.917. The molecule has 0 radical (unpaired) electrons. The van der Waals surface area contributed by atoms with E-state index in [1.54, 1.807) is 0 Å². The van der Waals surface area contributed by atoms with E-state index in [1.165, 1.54) is 32.1 Å². The van der Waals surface area contributed by atoms with Gasteiger partial charge < -0.3 is 10.0 Å². The topological polar surface area (TPSA) is 40.5 Å². The standard InChI is InChI=1S/C12H19NO2/c14-7-10-9-6-13(12(15)11(9)10)8-4-2-1-3-5-8/h8-11,14H,1-7H2. The second-order valence-corrected chi connectivity index (χ2v) is 5.32. The number of aliphatic hydroxyl groups excluding tert-OH is 1. The van der Waals surface area contributed by atoms with Crippen LogP contribution in [0.15, 0.2) is 0 Å². The fourth-order valence-corrected chi connectivity index (χ4v) is 3.54. The molecule has 3 unspecified atom stereocenters. The Kier molecular flexibility index (Phi) is 2.23. The van der Waals surface area contributed by atoms with Crippen molar-refractivity contribution in [1.82, 2.24) is 4.90 Å². The molecule has 2 saturated carbocycles. The van der Waals surface area contributed by atoms with Gasteiger partial charge in [0.2, 0.25) is 5.91 Å². The van der Waals surface area contributed by atoms with Gasteiger partial charge in [0.05, 0.1) is 0 Å². The number of carbonyl (C=O) groups excluding carboxylic acids is 1. The second kappa shape index (κ2) is 3.48. The number of fused-ring (bicyclic) bond motifs is 1. The van der Waals surface area contributed by atoms with Crippen molar-refractivity contribution in [3.05, 3.63) is 0 Å². The molecule has 15 heavy (non-hydrogen) atoms. The molecule has 3 nitrogen and oxygen atoms in total. The highest BCUT2D eigenvalue weighted by atomic mass is 16.3. The van der Waals surface area contributed by atoms with Crippen LogP contribution in [0.4, 0.5) is 0 Å². The quantitative estimate of drug-likeness (QED) is 0.737. The normalized spacial score (nSPS) is 40.7. The summed E-state index contributed by atoms with van der Waals surface area (Å²) in [5, 5.41) is 9.06. The van der Waals surface area contributed by atoms with E-state index < -0.39 is 0 Å². The van der Waals surface area contributed by atoms with E-state index in [0.717, 1.165) is 6.54 Å². The third-order valence-corrected chi connectivity index (χ3v) is 4.53. The van der Waals surface area contributed by atoms with Crippen molar-refractivity contribution in [3.8, 4) is 0 Å². The average Bonchev–Trinajstić information content (AvgIpc) is 2.89. The lowest BCUT2D eigenvalue weighted by molar-refractivity contribution is -0.133. The molecule has 0 bridgehead atoms. The molecule has 1 heterocycles. The van der Waals surface area contributed by atoms with Gasteiger partial charge in [-0.2, -0.15) is 0 Å². The maximum Gasteiger partial charge on any atom is 0.226 e. The lowest BCUT2D eigenvalue weighted by Crippen LogP contribution is -2.40. The highest BCUT2D eigenvalue weighted by Crippen LogP contribution is 2.53. The van der Waals surface area contributed by atoms with Gasteiger partial charge in [-0.25, -0.2) is 0 Å². The zero-order chi connectivity index (χ0) is 10.4. The second-order valence-electron chi connectivity index (χ2n) is 5.32. The highest BCUT2D eigenvalue weighted by molar-refractivity contribution is 5.85. The number of nitrogens with zero attached hydrogens (tertiary/aromatic N) is 1. The van der Waals surface area contributed by atoms with Crippen molar-refractivity contribution < 1.29 is 9.90 Å². The minimum atomic E-state index is 0.192. The minimum absolute atomic E-state index is 0.192. The molecule has 3 aliphatic rings. The Morgan fingerprint density at radius 3 is 2.53 bits per heavy atom. The molecule has 0 aromatic carbocycles. The molecule has 1 aliphatic heterocycles. The molecule has 1 saturated heterocycles. The molecule has 3 rings (SSSR count). The van der Waals surface area contributed by atoms with E-state index in [-0.39, 0.29) is 12.5 Å². The number of amides is 1. The van der Waals surface area contributed by atoms with E-state index in [4.69, 9.17) is 5.11 Å². The minimum Gasteiger partial charge on any atom is -0.396 e. The average molecular weight is 209 g/mol. The van der Waals surface area contributed by atoms with E-state index in [9.17, 15) is 4.79 Å². The van der Waals surface area contributed by atoms with Crippen molar-refractivity contribution in [1.29, 1.82) is 0 Å². The van der Waals surface area contributed by atoms with Gasteiger partial charge in [-0.3, -0.25) is 4.79 Å². The molecule has 1 N–H and O–H groups in total. The molecule has 3 fully saturated rings. The number of likely N-dealkylation sites (tertiary alicyclic amines) is 1. The highest BCUT2D eigenvalue weighted by Gasteiger charge is 2.61. The predicted octanol–water partition coefficient (Wildman–Crippen LogP) is 1.02. The summed E-state index contributed by atoms with van der Waals surface area (Å²) in [5.41, 5.74) is 0. The number of hydrogen-bond acceptors (Lipinski definition) is 2. The van der Waals surface area contributed by atoms with Gasteiger partial charge in [0.25, 0.3) is 0 Å². The van der Waals surface area contributed by atoms with Gasteiger partial charge in [-0.05, 0) is 24.7 Å². The summed E-state index contributed by atoms with van der Waals surface area (Å²) in [5.74, 6) is 1.32. The monoisotopic (exact) mass is 209 g/mol. The first-order valence-electron chi connectivity index (χ1n) is 6.24. The van der Waals surface area contributed by atoms with Crippen molar-refractivity contribution in [2.75, 3.05) is 13.2 Å². The Morgan fingerprint density at radius 2 is 2.00 bits per heavy atom. The smallest absolute Gasteiger partial charge is 0.226 e. The third kappa shape index (κ3) is 1.40. The SMILES string of the molecule is O=C1C2C(CO)C2CN1C1CCCCC1. The van der Waals surface area contributed by atoms with Crippen LogP contribution in [-0.2, 0) is 4.79 Å². The van der Waals surface area contributed by atoms with E-state index in [2.05, 4.69) is 4.90 Å². The maximum absolute atomic E-state index is 12.0. The van der Waals surface area contributed by atoms with E-state index in [1.807, 2.05) is 0 Å². The van der Waals surface area contributed by atoms with Crippen LogP contribution in [0.2, 0.25) is 0 Å². The molecular weight excluding hydrogens is 190 g/mol. The Balaban J connectivity index is 1.63. The van der Waals surface area contributed by atoms with Crippen molar-refractivity contribution in [3.63, 3.8) is 0 Å². The Morgan fingerprint density at radius 1 is 1.27 bits per heavy atom. The molecule has 0 spiro atoms. The van der Waals surface area contributed by atoms with Gasteiger partial charge in [-0.15, -0.1) is 0 Å². The van der Waals surface area contributed by atoms with Crippen LogP contribution in [0.25, 0.3) is 0 Å². The Bertz CT molecular complexity index is 273. The number of rotatable bonds is 2. The van der Waals surface area contributed by atoms with Crippen LogP contribution < -0.4 is 0 Å². The largest absolute Gasteiger partial charge is 0.396 e. The van der Waals surface area contributed by atoms with E-state index >= 15 is 0 Å². The third-order valence-electron chi connectivity index (χ3n) is 4.53. The summed E-state index contributed by atoms with van der Waals surface area (Å²) in [4.78, 5) is 14.1. The van der Waals surface area contributed by atoms with Gasteiger partial charge in [0.15, 0.2) is 0 Å². The number of piperidine rings is 1. The van der Waals surface area contributed by atoms with Crippen LogP contribution in [0.5, 0.6) is 0 Å².